The van der Waals surface area contributed by atoms with Crippen LogP contribution in [0, 0.1) is 0 Å². The van der Waals surface area contributed by atoms with E-state index in [-0.39, 0.29) is 18.9 Å². The number of fused-ring (bicyclic) bond motifs is 3. The molecule has 7 heteroatoms. The summed E-state index contributed by atoms with van der Waals surface area (Å²) in [7, 11) is 7.12. The van der Waals surface area contributed by atoms with Crippen molar-refractivity contribution in [3.05, 3.63) is 40.5 Å². The van der Waals surface area contributed by atoms with Crippen LogP contribution in [0.1, 0.15) is 34.4 Å². The van der Waals surface area contributed by atoms with E-state index in [9.17, 15) is 0 Å². The Morgan fingerprint density at radius 3 is 2.62 bits per heavy atom. The summed E-state index contributed by atoms with van der Waals surface area (Å²) in [5, 5.41) is 0. The Balaban J connectivity index is 1.65. The van der Waals surface area contributed by atoms with Gasteiger partial charge in [0.25, 0.3) is 0 Å². The van der Waals surface area contributed by atoms with Crippen molar-refractivity contribution in [2.24, 2.45) is 0 Å². The Hall–Kier alpha value is -2.64. The van der Waals surface area contributed by atoms with Crippen molar-refractivity contribution in [1.29, 1.82) is 0 Å². The average Bonchev–Trinajstić information content (AvgIpc) is 3.38. The molecule has 2 atom stereocenters. The molecule has 3 heterocycles. The van der Waals surface area contributed by atoms with Gasteiger partial charge in [0.05, 0.1) is 34.0 Å². The lowest BCUT2D eigenvalue weighted by molar-refractivity contribution is -0.00482. The van der Waals surface area contributed by atoms with Gasteiger partial charge in [0.1, 0.15) is 6.10 Å². The fourth-order valence-corrected chi connectivity index (χ4v) is 4.80. The van der Waals surface area contributed by atoms with Gasteiger partial charge in [-0.2, -0.15) is 0 Å². The number of ether oxygens (including phenoxy) is 6. The van der Waals surface area contributed by atoms with E-state index in [0.717, 1.165) is 46.9 Å². The molecule has 0 radical (unpaired) electrons. The Bertz CT molecular complexity index is 959. The minimum atomic E-state index is -0.150. The first-order chi connectivity index (χ1) is 14.2. The van der Waals surface area contributed by atoms with E-state index >= 15 is 0 Å². The first-order valence-electron chi connectivity index (χ1n) is 9.72. The van der Waals surface area contributed by atoms with Crippen molar-refractivity contribution in [2.75, 3.05) is 41.7 Å². The fraction of sp³-hybridized carbons (Fsp3) is 0.455. The summed E-state index contributed by atoms with van der Waals surface area (Å²) in [6.07, 6.45) is 0.768. The molecule has 2 unspecified atom stereocenters. The second-order valence-electron chi connectivity index (χ2n) is 7.49. The highest BCUT2D eigenvalue weighted by atomic mass is 16.7. The average molecular weight is 399 g/mol. The van der Waals surface area contributed by atoms with Crippen LogP contribution >= 0.6 is 0 Å². The van der Waals surface area contributed by atoms with Crippen LogP contribution in [0.3, 0.4) is 0 Å². The molecular formula is C22H25NO6. The first-order valence-corrected chi connectivity index (χ1v) is 9.72. The number of methoxy groups -OCH3 is 3. The van der Waals surface area contributed by atoms with Crippen LogP contribution in [0.4, 0.5) is 0 Å². The number of rotatable bonds is 4. The van der Waals surface area contributed by atoms with Gasteiger partial charge in [0, 0.05) is 17.7 Å². The predicted octanol–water partition coefficient (Wildman–Crippen LogP) is 3.24. The highest BCUT2D eigenvalue weighted by molar-refractivity contribution is 5.63. The molecule has 0 spiro atoms. The second kappa shape index (κ2) is 7.00. The number of hydrogen-bond donors (Lipinski definition) is 0. The highest BCUT2D eigenvalue weighted by Crippen LogP contribution is 2.55. The van der Waals surface area contributed by atoms with E-state index in [0.29, 0.717) is 18.1 Å². The van der Waals surface area contributed by atoms with Crippen molar-refractivity contribution in [3.8, 4) is 28.7 Å². The normalized spacial score (nSPS) is 22.2. The third kappa shape index (κ3) is 2.64. The molecule has 7 nitrogen and oxygen atoms in total. The maximum atomic E-state index is 6.35. The second-order valence-corrected chi connectivity index (χ2v) is 7.49. The van der Waals surface area contributed by atoms with Gasteiger partial charge in [-0.1, -0.05) is 6.07 Å². The fourth-order valence-electron chi connectivity index (χ4n) is 4.80. The molecule has 29 heavy (non-hydrogen) atoms. The molecule has 0 bridgehead atoms. The standard InChI is InChI=1S/C22H25NO6/c1-23-8-7-12-9-16-21(29-11-28-16)22(26-4)17(12)18(23)20-13-5-6-15(24-2)19(25-3)14(13)10-27-20/h5-6,9,18,20H,7-8,10-11H2,1-4H3. The number of hydrogen-bond acceptors (Lipinski definition) is 7. The zero-order chi connectivity index (χ0) is 20.1. The molecule has 2 aromatic rings. The summed E-state index contributed by atoms with van der Waals surface area (Å²) in [5.41, 5.74) is 4.48. The molecule has 2 aromatic carbocycles. The van der Waals surface area contributed by atoms with E-state index < -0.39 is 0 Å². The van der Waals surface area contributed by atoms with Gasteiger partial charge in [0.15, 0.2) is 23.0 Å². The summed E-state index contributed by atoms with van der Waals surface area (Å²) < 4.78 is 34.6. The number of likely N-dealkylation sites (N-methyl/N-ethyl adjacent to an activating group) is 1. The highest BCUT2D eigenvalue weighted by Gasteiger charge is 2.42. The Kier molecular flexibility index (Phi) is 4.44. The van der Waals surface area contributed by atoms with Crippen LogP contribution in [0.15, 0.2) is 18.2 Å². The third-order valence-corrected chi connectivity index (χ3v) is 6.14. The minimum absolute atomic E-state index is 0.0115. The molecule has 0 N–H and O–H groups in total. The zero-order valence-corrected chi connectivity index (χ0v) is 17.1. The quantitative estimate of drug-likeness (QED) is 0.782. The van der Waals surface area contributed by atoms with Crippen molar-refractivity contribution < 1.29 is 28.4 Å². The van der Waals surface area contributed by atoms with Crippen LogP contribution < -0.4 is 23.7 Å². The van der Waals surface area contributed by atoms with Gasteiger partial charge < -0.3 is 28.4 Å². The maximum Gasteiger partial charge on any atom is 0.231 e. The van der Waals surface area contributed by atoms with E-state index in [1.54, 1.807) is 21.3 Å². The molecule has 0 fully saturated rings. The molecule has 0 amide bonds. The summed E-state index contributed by atoms with van der Waals surface area (Å²) >= 11 is 0. The molecule has 0 saturated heterocycles. The van der Waals surface area contributed by atoms with Gasteiger partial charge >= 0.3 is 0 Å². The lowest BCUT2D eigenvalue weighted by Crippen LogP contribution is -2.36. The summed E-state index contributed by atoms with van der Waals surface area (Å²) in [4.78, 5) is 2.32. The Labute approximate surface area is 170 Å². The number of nitrogens with zero attached hydrogens (tertiary/aromatic N) is 1. The zero-order valence-electron chi connectivity index (χ0n) is 17.1. The van der Waals surface area contributed by atoms with Gasteiger partial charge in [-0.05, 0) is 36.7 Å². The molecule has 0 aromatic heterocycles. The van der Waals surface area contributed by atoms with Crippen LogP contribution in [0.2, 0.25) is 0 Å². The first kappa shape index (κ1) is 18.4. The van der Waals surface area contributed by atoms with E-state index in [1.807, 2.05) is 6.07 Å². The van der Waals surface area contributed by atoms with Gasteiger partial charge in [-0.15, -0.1) is 0 Å². The largest absolute Gasteiger partial charge is 0.493 e. The minimum Gasteiger partial charge on any atom is -0.493 e. The molecule has 3 aliphatic rings. The lowest BCUT2D eigenvalue weighted by atomic mass is 9.85. The van der Waals surface area contributed by atoms with E-state index in [2.05, 4.69) is 24.1 Å². The summed E-state index contributed by atoms with van der Waals surface area (Å²) in [6, 6.07) is 6.10. The molecule has 0 saturated carbocycles. The van der Waals surface area contributed by atoms with Crippen LogP contribution in [0.5, 0.6) is 28.7 Å². The molecule has 154 valence electrons. The van der Waals surface area contributed by atoms with Crippen molar-refractivity contribution >= 4 is 0 Å². The molecule has 0 aliphatic carbocycles. The van der Waals surface area contributed by atoms with Crippen molar-refractivity contribution in [3.63, 3.8) is 0 Å². The van der Waals surface area contributed by atoms with Crippen LogP contribution in [-0.2, 0) is 17.8 Å². The van der Waals surface area contributed by atoms with Crippen molar-refractivity contribution in [2.45, 2.75) is 25.2 Å². The topological polar surface area (TPSA) is 58.6 Å². The summed E-state index contributed by atoms with van der Waals surface area (Å²) in [6.45, 7) is 1.62. The smallest absolute Gasteiger partial charge is 0.231 e. The van der Waals surface area contributed by atoms with E-state index in [4.69, 9.17) is 28.4 Å². The van der Waals surface area contributed by atoms with Gasteiger partial charge in [0.2, 0.25) is 12.5 Å². The molecular weight excluding hydrogens is 374 g/mol. The van der Waals surface area contributed by atoms with Gasteiger partial charge in [-0.3, -0.25) is 4.90 Å². The van der Waals surface area contributed by atoms with Crippen LogP contribution in [0.25, 0.3) is 0 Å². The van der Waals surface area contributed by atoms with E-state index in [1.165, 1.54) is 5.56 Å². The van der Waals surface area contributed by atoms with Crippen LogP contribution in [-0.4, -0.2) is 46.6 Å². The molecule has 5 rings (SSSR count). The third-order valence-electron chi connectivity index (χ3n) is 6.14. The predicted molar refractivity (Wildman–Crippen MR) is 105 cm³/mol. The molecule has 3 aliphatic heterocycles. The lowest BCUT2D eigenvalue weighted by Gasteiger charge is -2.39. The monoisotopic (exact) mass is 399 g/mol. The Morgan fingerprint density at radius 1 is 1.03 bits per heavy atom. The number of benzene rings is 2. The summed E-state index contributed by atoms with van der Waals surface area (Å²) in [5.74, 6) is 3.63. The van der Waals surface area contributed by atoms with Crippen molar-refractivity contribution in [1.82, 2.24) is 4.90 Å². The SMILES string of the molecule is COc1ccc2c(c1OC)COC2C1c2c(cc3c(c2OC)OCO3)CCN1C. The van der Waals surface area contributed by atoms with Gasteiger partial charge in [-0.25, -0.2) is 0 Å². The maximum absolute atomic E-state index is 6.35. The Morgan fingerprint density at radius 2 is 1.86 bits per heavy atom.